The summed E-state index contributed by atoms with van der Waals surface area (Å²) in [6.45, 7) is 0.343. The first-order valence-corrected chi connectivity index (χ1v) is 7.83. The summed E-state index contributed by atoms with van der Waals surface area (Å²) in [6, 6.07) is 8.78. The molecule has 0 bridgehead atoms. The third-order valence-electron chi connectivity index (χ3n) is 3.69. The van der Waals surface area contributed by atoms with E-state index in [-0.39, 0.29) is 29.0 Å². The molecule has 0 aliphatic rings. The lowest BCUT2D eigenvalue weighted by atomic mass is 10.1. The maximum atomic E-state index is 11.5. The highest BCUT2D eigenvalue weighted by Gasteiger charge is 2.25. The molecule has 10 nitrogen and oxygen atoms in total. The minimum atomic E-state index is -0.539. The van der Waals surface area contributed by atoms with Crippen LogP contribution in [0, 0.1) is 10.1 Å². The van der Waals surface area contributed by atoms with Crippen molar-refractivity contribution in [1.82, 2.24) is 10.3 Å². The number of nitro benzene ring substituents is 1. The first-order valence-electron chi connectivity index (χ1n) is 7.83. The molecule has 3 rings (SSSR count). The number of aliphatic hydroxyl groups is 1. The van der Waals surface area contributed by atoms with E-state index >= 15 is 0 Å². The summed E-state index contributed by atoms with van der Waals surface area (Å²) >= 11 is 0. The van der Waals surface area contributed by atoms with Crippen molar-refractivity contribution >= 4 is 33.8 Å². The second-order valence-electron chi connectivity index (χ2n) is 5.40. The van der Waals surface area contributed by atoms with Crippen LogP contribution in [0.4, 0.5) is 22.7 Å². The van der Waals surface area contributed by atoms with Crippen molar-refractivity contribution in [2.75, 3.05) is 30.9 Å². The smallest absolute Gasteiger partial charge is 0.323 e. The van der Waals surface area contributed by atoms with Gasteiger partial charge in [-0.05, 0) is 34.9 Å². The van der Waals surface area contributed by atoms with E-state index in [1.54, 1.807) is 25.3 Å². The van der Waals surface area contributed by atoms with Gasteiger partial charge >= 0.3 is 5.69 Å². The number of aromatic nitrogens is 2. The summed E-state index contributed by atoms with van der Waals surface area (Å²) in [5.41, 5.74) is 1.52. The third-order valence-corrected chi connectivity index (χ3v) is 3.69. The molecule has 136 valence electrons. The number of rotatable bonds is 8. The number of nitrogens with one attached hydrogen (secondary N) is 2. The highest BCUT2D eigenvalue weighted by Crippen LogP contribution is 2.38. The van der Waals surface area contributed by atoms with Gasteiger partial charge in [-0.15, -0.1) is 0 Å². The maximum Gasteiger partial charge on any atom is 0.323 e. The van der Waals surface area contributed by atoms with Crippen LogP contribution in [0.5, 0.6) is 5.75 Å². The van der Waals surface area contributed by atoms with Crippen molar-refractivity contribution < 1.29 is 19.4 Å². The Morgan fingerprint density at radius 2 is 2.08 bits per heavy atom. The molecule has 10 heteroatoms. The van der Waals surface area contributed by atoms with E-state index in [0.29, 0.717) is 30.1 Å². The minimum absolute atomic E-state index is 0.0243. The molecule has 1 aromatic heterocycles. The van der Waals surface area contributed by atoms with Gasteiger partial charge in [-0.3, -0.25) is 10.1 Å². The summed E-state index contributed by atoms with van der Waals surface area (Å²) in [5, 5.41) is 34.0. The normalized spacial score (nSPS) is 10.7. The third kappa shape index (κ3) is 3.49. The Morgan fingerprint density at radius 1 is 1.27 bits per heavy atom. The molecule has 0 saturated carbocycles. The second kappa shape index (κ2) is 7.66. The van der Waals surface area contributed by atoms with E-state index in [9.17, 15) is 10.1 Å². The maximum absolute atomic E-state index is 11.5. The molecule has 0 aliphatic heterocycles. The lowest BCUT2D eigenvalue weighted by Gasteiger charge is -2.11. The lowest BCUT2D eigenvalue weighted by molar-refractivity contribution is -0.382. The number of nitro groups is 1. The Morgan fingerprint density at radius 3 is 2.81 bits per heavy atom. The summed E-state index contributed by atoms with van der Waals surface area (Å²) in [4.78, 5) is 11.0. The molecule has 1 heterocycles. The quantitative estimate of drug-likeness (QED) is 0.315. The molecule has 2 aromatic carbocycles. The Labute approximate surface area is 147 Å². The molecule has 0 fully saturated rings. The Bertz CT molecular complexity index is 927. The van der Waals surface area contributed by atoms with E-state index in [1.807, 2.05) is 12.1 Å². The van der Waals surface area contributed by atoms with Gasteiger partial charge in [0.25, 0.3) is 0 Å². The summed E-state index contributed by atoms with van der Waals surface area (Å²) in [7, 11) is 1.56. The first kappa shape index (κ1) is 17.4. The number of anilines is 3. The minimum Gasteiger partial charge on any atom is -0.497 e. The van der Waals surface area contributed by atoms with Crippen LogP contribution in [-0.4, -0.2) is 40.6 Å². The van der Waals surface area contributed by atoms with Crippen LogP contribution in [0.25, 0.3) is 11.0 Å². The fourth-order valence-corrected chi connectivity index (χ4v) is 2.50. The summed E-state index contributed by atoms with van der Waals surface area (Å²) in [6.07, 6.45) is 0.449. The van der Waals surface area contributed by atoms with E-state index < -0.39 is 4.92 Å². The van der Waals surface area contributed by atoms with Crippen molar-refractivity contribution in [2.45, 2.75) is 6.42 Å². The molecule has 0 atom stereocenters. The molecule has 26 heavy (non-hydrogen) atoms. The second-order valence-corrected chi connectivity index (χ2v) is 5.40. The highest BCUT2D eigenvalue weighted by atomic mass is 16.6. The Balaban J connectivity index is 2.05. The van der Waals surface area contributed by atoms with Gasteiger partial charge in [0.05, 0.1) is 17.7 Å². The van der Waals surface area contributed by atoms with Crippen LogP contribution in [0.15, 0.2) is 35.0 Å². The molecule has 0 radical (unpaired) electrons. The molecule has 0 aliphatic carbocycles. The number of hydrogen-bond donors (Lipinski definition) is 3. The standard InChI is InChI=1S/C16H17N5O5/c1-25-11-5-2-4-10(8-11)18-12-9-13(17-6-3-7-22)16(21(23)24)15-14(12)19-26-20-15/h2,4-5,8-9,17-18,22H,3,6-7H2,1H3. The van der Waals surface area contributed by atoms with E-state index in [0.717, 1.165) is 0 Å². The van der Waals surface area contributed by atoms with Gasteiger partial charge in [-0.1, -0.05) is 6.07 Å². The van der Waals surface area contributed by atoms with Crippen molar-refractivity contribution in [3.8, 4) is 5.75 Å². The number of methoxy groups -OCH3 is 1. The number of nitrogens with zero attached hydrogens (tertiary/aromatic N) is 3. The molecule has 0 saturated heterocycles. The van der Waals surface area contributed by atoms with Crippen LogP contribution in [-0.2, 0) is 0 Å². The average Bonchev–Trinajstić information content (AvgIpc) is 3.11. The van der Waals surface area contributed by atoms with Crippen LogP contribution in [0.2, 0.25) is 0 Å². The number of fused-ring (bicyclic) bond motifs is 1. The predicted molar refractivity (Wildman–Crippen MR) is 94.9 cm³/mol. The topological polar surface area (TPSA) is 136 Å². The van der Waals surface area contributed by atoms with E-state index in [4.69, 9.17) is 14.5 Å². The van der Waals surface area contributed by atoms with Crippen molar-refractivity contribution in [3.63, 3.8) is 0 Å². The number of ether oxygens (including phenoxy) is 1. The van der Waals surface area contributed by atoms with Crippen molar-refractivity contribution in [2.24, 2.45) is 0 Å². The van der Waals surface area contributed by atoms with Gasteiger partial charge < -0.3 is 20.5 Å². The largest absolute Gasteiger partial charge is 0.497 e. The Hall–Kier alpha value is -3.40. The van der Waals surface area contributed by atoms with Gasteiger partial charge in [0.15, 0.2) is 5.52 Å². The first-order chi connectivity index (χ1) is 12.6. The van der Waals surface area contributed by atoms with Crippen LogP contribution in [0.3, 0.4) is 0 Å². The lowest BCUT2D eigenvalue weighted by Crippen LogP contribution is -2.07. The number of aliphatic hydroxyl groups excluding tert-OH is 1. The van der Waals surface area contributed by atoms with Gasteiger partial charge in [0.1, 0.15) is 11.4 Å². The van der Waals surface area contributed by atoms with Crippen molar-refractivity contribution in [1.29, 1.82) is 0 Å². The molecule has 3 aromatic rings. The zero-order valence-corrected chi connectivity index (χ0v) is 13.9. The van der Waals surface area contributed by atoms with Crippen LogP contribution >= 0.6 is 0 Å². The average molecular weight is 359 g/mol. The van der Waals surface area contributed by atoms with E-state index in [1.165, 1.54) is 0 Å². The van der Waals surface area contributed by atoms with Crippen LogP contribution < -0.4 is 15.4 Å². The van der Waals surface area contributed by atoms with Crippen molar-refractivity contribution in [3.05, 3.63) is 40.4 Å². The molecule has 3 N–H and O–H groups in total. The molecule has 0 spiro atoms. The zero-order valence-electron chi connectivity index (χ0n) is 13.9. The molecular formula is C16H17N5O5. The van der Waals surface area contributed by atoms with Gasteiger partial charge in [-0.2, -0.15) is 0 Å². The van der Waals surface area contributed by atoms with Gasteiger partial charge in [0, 0.05) is 24.9 Å². The van der Waals surface area contributed by atoms with Gasteiger partial charge in [0.2, 0.25) is 5.52 Å². The predicted octanol–water partition coefficient (Wildman–Crippen LogP) is 2.68. The SMILES string of the molecule is COc1cccc(Nc2cc(NCCCO)c([N+](=O)[O-])c3nonc23)c1. The fourth-order valence-electron chi connectivity index (χ4n) is 2.50. The Kier molecular flexibility index (Phi) is 5.13. The fraction of sp³-hybridized carbons (Fsp3) is 0.250. The summed E-state index contributed by atoms with van der Waals surface area (Å²) < 4.78 is 9.92. The molecular weight excluding hydrogens is 342 g/mol. The highest BCUT2D eigenvalue weighted by molar-refractivity contribution is 6.00. The van der Waals surface area contributed by atoms with Crippen LogP contribution in [0.1, 0.15) is 6.42 Å². The summed E-state index contributed by atoms with van der Waals surface area (Å²) in [5.74, 6) is 0.660. The molecule has 0 unspecified atom stereocenters. The molecule has 0 amide bonds. The van der Waals surface area contributed by atoms with E-state index in [2.05, 4.69) is 20.9 Å². The zero-order chi connectivity index (χ0) is 18.5. The monoisotopic (exact) mass is 359 g/mol. The van der Waals surface area contributed by atoms with Gasteiger partial charge in [-0.25, -0.2) is 4.63 Å². The number of hydrogen-bond acceptors (Lipinski definition) is 9. The number of benzene rings is 2.